The molecule has 2 rings (SSSR count). The van der Waals surface area contributed by atoms with Crippen LogP contribution in [0.1, 0.15) is 24.5 Å². The van der Waals surface area contributed by atoms with Crippen LogP contribution in [-0.4, -0.2) is 28.5 Å². The van der Waals surface area contributed by atoms with Gasteiger partial charge in [0.05, 0.1) is 11.9 Å². The Labute approximate surface area is 120 Å². The molecule has 3 N–H and O–H groups in total. The van der Waals surface area contributed by atoms with E-state index >= 15 is 0 Å². The topological polar surface area (TPSA) is 60.9 Å². The summed E-state index contributed by atoms with van der Waals surface area (Å²) in [5.74, 6) is 0.481. The van der Waals surface area contributed by atoms with E-state index < -0.39 is 0 Å². The first-order valence-corrected chi connectivity index (χ1v) is 7.11. The number of aromatic amines is 1. The van der Waals surface area contributed by atoms with E-state index in [-0.39, 0.29) is 6.61 Å². The first-order chi connectivity index (χ1) is 9.70. The highest BCUT2D eigenvalue weighted by atomic mass is 16.3. The van der Waals surface area contributed by atoms with Crippen molar-refractivity contribution in [2.24, 2.45) is 5.92 Å². The van der Waals surface area contributed by atoms with Gasteiger partial charge in [-0.2, -0.15) is 5.10 Å². The molecule has 0 amide bonds. The third-order valence-corrected chi connectivity index (χ3v) is 3.45. The van der Waals surface area contributed by atoms with Crippen LogP contribution in [0.2, 0.25) is 0 Å². The SMILES string of the molecule is Cc1cccc(-c2[nH]ncc2CNCC(C)CCO)c1. The van der Waals surface area contributed by atoms with Crippen LogP contribution in [0, 0.1) is 12.8 Å². The molecule has 108 valence electrons. The zero-order valence-electron chi connectivity index (χ0n) is 12.2. The molecule has 20 heavy (non-hydrogen) atoms. The summed E-state index contributed by atoms with van der Waals surface area (Å²) in [7, 11) is 0. The fourth-order valence-electron chi connectivity index (χ4n) is 2.27. The van der Waals surface area contributed by atoms with Crippen LogP contribution in [0.3, 0.4) is 0 Å². The molecule has 0 saturated heterocycles. The molecule has 0 saturated carbocycles. The Hall–Kier alpha value is -1.65. The van der Waals surface area contributed by atoms with Crippen LogP contribution in [0.5, 0.6) is 0 Å². The van der Waals surface area contributed by atoms with Gasteiger partial charge in [0.1, 0.15) is 0 Å². The lowest BCUT2D eigenvalue weighted by Gasteiger charge is -2.11. The van der Waals surface area contributed by atoms with Crippen molar-refractivity contribution < 1.29 is 5.11 Å². The number of H-pyrrole nitrogens is 1. The summed E-state index contributed by atoms with van der Waals surface area (Å²) >= 11 is 0. The van der Waals surface area contributed by atoms with Gasteiger partial charge in [-0.05, 0) is 31.9 Å². The second-order valence-electron chi connectivity index (χ2n) is 5.39. The van der Waals surface area contributed by atoms with Crippen LogP contribution < -0.4 is 5.32 Å². The van der Waals surface area contributed by atoms with Crippen LogP contribution in [0.4, 0.5) is 0 Å². The summed E-state index contributed by atoms with van der Waals surface area (Å²) in [4.78, 5) is 0. The normalized spacial score (nSPS) is 12.6. The summed E-state index contributed by atoms with van der Waals surface area (Å²) in [6.45, 7) is 6.17. The monoisotopic (exact) mass is 273 g/mol. The van der Waals surface area contributed by atoms with Crippen LogP contribution in [-0.2, 0) is 6.54 Å². The van der Waals surface area contributed by atoms with Crippen molar-refractivity contribution >= 4 is 0 Å². The van der Waals surface area contributed by atoms with E-state index in [1.165, 1.54) is 16.7 Å². The molecule has 0 radical (unpaired) electrons. The van der Waals surface area contributed by atoms with E-state index in [2.05, 4.69) is 53.6 Å². The van der Waals surface area contributed by atoms with Gasteiger partial charge >= 0.3 is 0 Å². The summed E-state index contributed by atoms with van der Waals surface area (Å²) in [5.41, 5.74) is 4.66. The Morgan fingerprint density at radius 3 is 3.00 bits per heavy atom. The minimum absolute atomic E-state index is 0.253. The highest BCUT2D eigenvalue weighted by Gasteiger charge is 2.08. The van der Waals surface area contributed by atoms with E-state index in [1.54, 1.807) is 0 Å². The molecule has 0 aliphatic carbocycles. The lowest BCUT2D eigenvalue weighted by Crippen LogP contribution is -2.21. The first-order valence-electron chi connectivity index (χ1n) is 7.11. The maximum Gasteiger partial charge on any atom is 0.0695 e. The minimum atomic E-state index is 0.253. The van der Waals surface area contributed by atoms with Gasteiger partial charge < -0.3 is 10.4 Å². The van der Waals surface area contributed by atoms with E-state index in [0.717, 1.165) is 25.2 Å². The second-order valence-corrected chi connectivity index (χ2v) is 5.39. The smallest absolute Gasteiger partial charge is 0.0695 e. The van der Waals surface area contributed by atoms with Crippen LogP contribution >= 0.6 is 0 Å². The van der Waals surface area contributed by atoms with Gasteiger partial charge in [0.15, 0.2) is 0 Å². The van der Waals surface area contributed by atoms with Crippen molar-refractivity contribution in [3.63, 3.8) is 0 Å². The standard InChI is InChI=1S/C16H23N3O/c1-12-4-3-5-14(8-12)16-15(11-18-19-16)10-17-9-13(2)6-7-20/h3-5,8,11,13,17,20H,6-7,9-10H2,1-2H3,(H,18,19). The Balaban J connectivity index is 1.99. The van der Waals surface area contributed by atoms with Gasteiger partial charge in [-0.15, -0.1) is 0 Å². The molecule has 0 aliphatic heterocycles. The highest BCUT2D eigenvalue weighted by Crippen LogP contribution is 2.21. The largest absolute Gasteiger partial charge is 0.396 e. The van der Waals surface area contributed by atoms with Gasteiger partial charge in [-0.25, -0.2) is 0 Å². The molecule has 1 atom stereocenters. The third kappa shape index (κ3) is 3.92. The molecule has 0 aliphatic rings. The lowest BCUT2D eigenvalue weighted by atomic mass is 10.1. The fraction of sp³-hybridized carbons (Fsp3) is 0.438. The van der Waals surface area contributed by atoms with Gasteiger partial charge in [0.2, 0.25) is 0 Å². The molecule has 1 unspecified atom stereocenters. The Kier molecular flexibility index (Phi) is 5.32. The predicted molar refractivity (Wildman–Crippen MR) is 81.3 cm³/mol. The molecule has 0 fully saturated rings. The highest BCUT2D eigenvalue weighted by molar-refractivity contribution is 5.63. The van der Waals surface area contributed by atoms with Gasteiger partial charge in [0, 0.05) is 24.3 Å². The van der Waals surface area contributed by atoms with Crippen molar-refractivity contribution in [2.75, 3.05) is 13.2 Å². The molecule has 1 heterocycles. The quantitative estimate of drug-likeness (QED) is 0.726. The average molecular weight is 273 g/mol. The number of aliphatic hydroxyl groups is 1. The third-order valence-electron chi connectivity index (χ3n) is 3.45. The number of aryl methyl sites for hydroxylation is 1. The number of nitrogens with one attached hydrogen (secondary N) is 2. The van der Waals surface area contributed by atoms with E-state index in [1.807, 2.05) is 6.20 Å². The Morgan fingerprint density at radius 1 is 1.40 bits per heavy atom. The summed E-state index contributed by atoms with van der Waals surface area (Å²) < 4.78 is 0. The summed E-state index contributed by atoms with van der Waals surface area (Å²) in [5, 5.41) is 19.6. The molecule has 4 heteroatoms. The molecular formula is C16H23N3O. The van der Waals surface area contributed by atoms with Gasteiger partial charge in [-0.1, -0.05) is 30.7 Å². The number of aromatic nitrogens is 2. The van der Waals surface area contributed by atoms with Crippen LogP contribution in [0.25, 0.3) is 11.3 Å². The van der Waals surface area contributed by atoms with Crippen molar-refractivity contribution in [3.8, 4) is 11.3 Å². The number of aliphatic hydroxyl groups excluding tert-OH is 1. The number of rotatable bonds is 7. The van der Waals surface area contributed by atoms with Crippen molar-refractivity contribution in [1.82, 2.24) is 15.5 Å². The van der Waals surface area contributed by atoms with E-state index in [4.69, 9.17) is 5.11 Å². The minimum Gasteiger partial charge on any atom is -0.396 e. The fourth-order valence-corrected chi connectivity index (χ4v) is 2.27. The molecule has 0 spiro atoms. The van der Waals surface area contributed by atoms with E-state index in [0.29, 0.717) is 5.92 Å². The molecule has 1 aromatic carbocycles. The van der Waals surface area contributed by atoms with Gasteiger partial charge in [-0.3, -0.25) is 5.10 Å². The lowest BCUT2D eigenvalue weighted by molar-refractivity contribution is 0.260. The molecule has 0 bridgehead atoms. The number of hydrogen-bond acceptors (Lipinski definition) is 3. The zero-order valence-corrected chi connectivity index (χ0v) is 12.2. The van der Waals surface area contributed by atoms with Crippen molar-refractivity contribution in [2.45, 2.75) is 26.8 Å². The summed E-state index contributed by atoms with van der Waals surface area (Å²) in [6.07, 6.45) is 2.71. The number of hydrogen-bond donors (Lipinski definition) is 3. The number of nitrogens with zero attached hydrogens (tertiary/aromatic N) is 1. The van der Waals surface area contributed by atoms with E-state index in [9.17, 15) is 0 Å². The average Bonchev–Trinajstić information content (AvgIpc) is 2.87. The predicted octanol–water partition coefficient (Wildman–Crippen LogP) is 2.49. The van der Waals surface area contributed by atoms with Crippen LogP contribution in [0.15, 0.2) is 30.5 Å². The number of benzene rings is 1. The maximum atomic E-state index is 8.90. The maximum absolute atomic E-state index is 8.90. The second kappa shape index (κ2) is 7.22. The van der Waals surface area contributed by atoms with Crippen molar-refractivity contribution in [1.29, 1.82) is 0 Å². The van der Waals surface area contributed by atoms with Crippen molar-refractivity contribution in [3.05, 3.63) is 41.6 Å². The molecule has 4 nitrogen and oxygen atoms in total. The zero-order chi connectivity index (χ0) is 14.4. The molecular weight excluding hydrogens is 250 g/mol. The first kappa shape index (κ1) is 14.8. The Morgan fingerprint density at radius 2 is 2.25 bits per heavy atom. The molecule has 2 aromatic rings. The van der Waals surface area contributed by atoms with Gasteiger partial charge in [0.25, 0.3) is 0 Å². The Bertz CT molecular complexity index is 536. The molecule has 1 aromatic heterocycles. The summed E-state index contributed by atoms with van der Waals surface area (Å²) in [6, 6.07) is 8.41.